The van der Waals surface area contributed by atoms with Crippen LogP contribution in [0, 0.1) is 0 Å². The Kier molecular flexibility index (Phi) is 5.86. The Balaban J connectivity index is -0.000000333. The summed E-state index contributed by atoms with van der Waals surface area (Å²) in [5, 5.41) is 0. The van der Waals surface area contributed by atoms with Gasteiger partial charge in [0.05, 0.1) is 12.7 Å². The van der Waals surface area contributed by atoms with Gasteiger partial charge in [-0.15, -0.1) is 0 Å². The van der Waals surface area contributed by atoms with Crippen molar-refractivity contribution < 1.29 is 12.4 Å². The number of carbonyl (C=O) groups excluding carboxylic acids is 1. The average molecular weight is 226 g/mol. The third-order valence-electron chi connectivity index (χ3n) is 1.19. The number of esters is 1. The van der Waals surface area contributed by atoms with Crippen molar-refractivity contribution in [2.45, 2.75) is 0 Å². The van der Waals surface area contributed by atoms with E-state index in [-0.39, 0.29) is 54.3 Å². The third kappa shape index (κ3) is 3.38. The minimum atomic E-state index is -0.291. The second kappa shape index (κ2) is 5.77. The minimum absolute atomic E-state index is 0. The SMILES string of the molecule is COC(=O)c1ccccc1.[H-].[H-].[Sr+2]. The number of hydrogen-bond acceptors (Lipinski definition) is 2. The maximum atomic E-state index is 10.8. The molecule has 0 saturated carbocycles. The van der Waals surface area contributed by atoms with E-state index >= 15 is 0 Å². The van der Waals surface area contributed by atoms with E-state index in [0.29, 0.717) is 5.56 Å². The molecule has 0 N–H and O–H groups in total. The van der Waals surface area contributed by atoms with Gasteiger partial charge in [0.25, 0.3) is 0 Å². The molecular weight excluding hydrogens is 216 g/mol. The molecule has 0 spiro atoms. The molecule has 2 nitrogen and oxygen atoms in total. The van der Waals surface area contributed by atoms with Gasteiger partial charge >= 0.3 is 51.5 Å². The first-order valence-corrected chi connectivity index (χ1v) is 2.98. The van der Waals surface area contributed by atoms with Crippen LogP contribution in [0.25, 0.3) is 0 Å². The van der Waals surface area contributed by atoms with E-state index in [0.717, 1.165) is 0 Å². The summed E-state index contributed by atoms with van der Waals surface area (Å²) in [6.45, 7) is 0. The molecule has 0 saturated heterocycles. The quantitative estimate of drug-likeness (QED) is 0.533. The van der Waals surface area contributed by atoms with Crippen LogP contribution < -0.4 is 0 Å². The molecule has 0 fully saturated rings. The van der Waals surface area contributed by atoms with Crippen LogP contribution in [0.15, 0.2) is 30.3 Å². The van der Waals surface area contributed by atoms with Crippen LogP contribution in [-0.4, -0.2) is 58.6 Å². The Labute approximate surface area is 106 Å². The minimum Gasteiger partial charge on any atom is -1.00 e. The van der Waals surface area contributed by atoms with Crippen molar-refractivity contribution in [2.24, 2.45) is 0 Å². The fourth-order valence-electron chi connectivity index (χ4n) is 0.692. The van der Waals surface area contributed by atoms with Crippen LogP contribution in [0.3, 0.4) is 0 Å². The molecule has 0 amide bonds. The molecule has 0 atom stereocenters. The van der Waals surface area contributed by atoms with E-state index in [9.17, 15) is 4.79 Å². The molecule has 0 aliphatic rings. The van der Waals surface area contributed by atoms with Crippen molar-refractivity contribution in [3.05, 3.63) is 35.9 Å². The molecule has 0 heterocycles. The zero-order chi connectivity index (χ0) is 7.40. The Morgan fingerprint density at radius 3 is 2.36 bits per heavy atom. The van der Waals surface area contributed by atoms with Gasteiger partial charge in [-0.05, 0) is 12.1 Å². The predicted molar refractivity (Wildman–Crippen MR) is 45.8 cm³/mol. The van der Waals surface area contributed by atoms with Crippen LogP contribution in [0.1, 0.15) is 13.2 Å². The number of ether oxygens (including phenoxy) is 1. The van der Waals surface area contributed by atoms with Crippen LogP contribution in [0.2, 0.25) is 0 Å². The summed E-state index contributed by atoms with van der Waals surface area (Å²) in [6, 6.07) is 8.88. The summed E-state index contributed by atoms with van der Waals surface area (Å²) >= 11 is 0. The van der Waals surface area contributed by atoms with Gasteiger partial charge in [-0.3, -0.25) is 0 Å². The molecule has 0 unspecified atom stereocenters. The van der Waals surface area contributed by atoms with Crippen LogP contribution >= 0.6 is 0 Å². The first kappa shape index (κ1) is 11.2. The van der Waals surface area contributed by atoms with Crippen molar-refractivity contribution in [1.82, 2.24) is 0 Å². The maximum absolute atomic E-state index is 10.8. The fraction of sp³-hybridized carbons (Fsp3) is 0.125. The third-order valence-corrected chi connectivity index (χ3v) is 1.19. The van der Waals surface area contributed by atoms with Crippen molar-refractivity contribution in [3.63, 3.8) is 0 Å². The number of methoxy groups -OCH3 is 1. The molecule has 56 valence electrons. The first-order chi connectivity index (χ1) is 4.84. The monoisotopic (exact) mass is 226 g/mol. The number of rotatable bonds is 1. The average Bonchev–Trinajstić information content (AvgIpc) is 2.05. The second-order valence-electron chi connectivity index (χ2n) is 1.86. The van der Waals surface area contributed by atoms with Gasteiger partial charge in [0.15, 0.2) is 0 Å². The fourth-order valence-corrected chi connectivity index (χ4v) is 0.692. The Bertz CT molecular complexity index is 229. The van der Waals surface area contributed by atoms with Crippen molar-refractivity contribution in [3.8, 4) is 0 Å². The predicted octanol–water partition coefficient (Wildman–Crippen LogP) is 1.32. The number of carbonyl (C=O) groups is 1. The van der Waals surface area contributed by atoms with Gasteiger partial charge in [-0.25, -0.2) is 4.79 Å². The summed E-state index contributed by atoms with van der Waals surface area (Å²) in [6.07, 6.45) is 0. The van der Waals surface area contributed by atoms with Gasteiger partial charge in [0.2, 0.25) is 0 Å². The van der Waals surface area contributed by atoms with E-state index in [2.05, 4.69) is 4.74 Å². The van der Waals surface area contributed by atoms with E-state index in [1.165, 1.54) is 7.11 Å². The molecule has 3 heteroatoms. The molecule has 1 aromatic carbocycles. The van der Waals surface area contributed by atoms with E-state index in [1.54, 1.807) is 24.3 Å². The Morgan fingerprint density at radius 2 is 1.91 bits per heavy atom. The van der Waals surface area contributed by atoms with E-state index in [1.807, 2.05) is 6.07 Å². The number of benzene rings is 1. The zero-order valence-electron chi connectivity index (χ0n) is 8.41. The first-order valence-electron chi connectivity index (χ1n) is 2.98. The molecule has 0 radical (unpaired) electrons. The van der Waals surface area contributed by atoms with Gasteiger partial charge in [-0.2, -0.15) is 0 Å². The summed E-state index contributed by atoms with van der Waals surface area (Å²) in [5.74, 6) is -0.291. The smallest absolute Gasteiger partial charge is 1.00 e. The van der Waals surface area contributed by atoms with E-state index < -0.39 is 0 Å². The molecule has 0 bridgehead atoms. The van der Waals surface area contributed by atoms with Gasteiger partial charge in [0, 0.05) is 0 Å². The summed E-state index contributed by atoms with van der Waals surface area (Å²) in [7, 11) is 1.37. The number of hydrogen-bond donors (Lipinski definition) is 0. The molecule has 0 aliphatic heterocycles. The summed E-state index contributed by atoms with van der Waals surface area (Å²) < 4.78 is 4.50. The Morgan fingerprint density at radius 1 is 1.36 bits per heavy atom. The van der Waals surface area contributed by atoms with Crippen LogP contribution in [0.5, 0.6) is 0 Å². The zero-order valence-corrected chi connectivity index (χ0v) is 9.89. The van der Waals surface area contributed by atoms with Crippen molar-refractivity contribution in [2.75, 3.05) is 7.11 Å². The van der Waals surface area contributed by atoms with Crippen molar-refractivity contribution >= 4 is 51.5 Å². The molecule has 11 heavy (non-hydrogen) atoms. The molecule has 0 aliphatic carbocycles. The molecule has 1 rings (SSSR count). The second-order valence-corrected chi connectivity index (χ2v) is 1.86. The standard InChI is InChI=1S/C8H8O2.Sr.2H/c1-10-8(9)7-5-3-2-4-6-7;;;/h2-6H,1H3;;;/q;+2;2*-1. The summed E-state index contributed by atoms with van der Waals surface area (Å²) in [4.78, 5) is 10.8. The van der Waals surface area contributed by atoms with E-state index in [4.69, 9.17) is 0 Å². The molecular formula is C8H10O2Sr. The van der Waals surface area contributed by atoms with Gasteiger partial charge in [-0.1, -0.05) is 18.2 Å². The van der Waals surface area contributed by atoms with Gasteiger partial charge < -0.3 is 7.59 Å². The maximum Gasteiger partial charge on any atom is 2.00 e. The largest absolute Gasteiger partial charge is 2.00 e. The van der Waals surface area contributed by atoms with Gasteiger partial charge in [0.1, 0.15) is 0 Å². The van der Waals surface area contributed by atoms with Crippen LogP contribution in [-0.2, 0) is 4.74 Å². The van der Waals surface area contributed by atoms with Crippen molar-refractivity contribution in [1.29, 1.82) is 0 Å². The van der Waals surface area contributed by atoms with Crippen LogP contribution in [0.4, 0.5) is 0 Å². The molecule has 0 aromatic heterocycles. The normalized spacial score (nSPS) is 8.09. The Hall–Kier alpha value is 0.171. The molecule has 1 aromatic rings. The topological polar surface area (TPSA) is 26.3 Å². The summed E-state index contributed by atoms with van der Waals surface area (Å²) in [5.41, 5.74) is 0.588.